The van der Waals surface area contributed by atoms with Gasteiger partial charge in [-0.15, -0.1) is 0 Å². The van der Waals surface area contributed by atoms with Crippen LogP contribution in [0.1, 0.15) is 23.2 Å². The van der Waals surface area contributed by atoms with E-state index in [2.05, 4.69) is 5.32 Å². The van der Waals surface area contributed by atoms with Crippen LogP contribution in [0.4, 0.5) is 10.1 Å². The lowest BCUT2D eigenvalue weighted by atomic mass is 9.96. The van der Waals surface area contributed by atoms with Gasteiger partial charge in [-0.25, -0.2) is 4.39 Å². The highest BCUT2D eigenvalue weighted by molar-refractivity contribution is 6.33. The predicted molar refractivity (Wildman–Crippen MR) is 100 cm³/mol. The van der Waals surface area contributed by atoms with Gasteiger partial charge in [0.2, 0.25) is 5.91 Å². The van der Waals surface area contributed by atoms with Crippen molar-refractivity contribution >= 4 is 40.7 Å². The maximum absolute atomic E-state index is 13.1. The highest BCUT2D eigenvalue weighted by atomic mass is 35.5. The summed E-state index contributed by atoms with van der Waals surface area (Å²) in [4.78, 5) is 26.8. The second kappa shape index (κ2) is 8.06. The van der Waals surface area contributed by atoms with Gasteiger partial charge in [-0.3, -0.25) is 9.59 Å². The van der Waals surface area contributed by atoms with E-state index >= 15 is 0 Å². The van der Waals surface area contributed by atoms with Crippen LogP contribution in [-0.4, -0.2) is 29.8 Å². The molecule has 1 atom stereocenters. The zero-order valence-electron chi connectivity index (χ0n) is 13.8. The number of likely N-dealkylation sites (tertiary alicyclic amines) is 1. The van der Waals surface area contributed by atoms with Crippen LogP contribution in [0.25, 0.3) is 0 Å². The van der Waals surface area contributed by atoms with E-state index < -0.39 is 5.82 Å². The minimum atomic E-state index is -0.467. The highest BCUT2D eigenvalue weighted by Gasteiger charge is 2.29. The summed E-state index contributed by atoms with van der Waals surface area (Å²) >= 11 is 11.8. The number of benzene rings is 2. The standard InChI is InChI=1S/C19H17Cl2FN2O2/c20-14-5-3-12(4-6-14)19(26)24-9-1-2-13(11-24)18(25)23-17-8-7-15(22)10-16(17)21/h3-8,10,13H,1-2,9,11H2,(H,23,25). The van der Waals surface area contributed by atoms with Gasteiger partial charge >= 0.3 is 0 Å². The number of anilines is 1. The first-order chi connectivity index (χ1) is 12.4. The molecule has 1 fully saturated rings. The van der Waals surface area contributed by atoms with Gasteiger partial charge in [0.1, 0.15) is 5.82 Å². The Morgan fingerprint density at radius 1 is 1.12 bits per heavy atom. The number of hydrogen-bond acceptors (Lipinski definition) is 2. The number of nitrogens with zero attached hydrogens (tertiary/aromatic N) is 1. The lowest BCUT2D eigenvalue weighted by Gasteiger charge is -2.32. The van der Waals surface area contributed by atoms with E-state index in [4.69, 9.17) is 23.2 Å². The number of amides is 2. The Morgan fingerprint density at radius 3 is 2.54 bits per heavy atom. The van der Waals surface area contributed by atoms with E-state index in [1.807, 2.05) is 0 Å². The van der Waals surface area contributed by atoms with Crippen LogP contribution in [0.5, 0.6) is 0 Å². The fraction of sp³-hybridized carbons (Fsp3) is 0.263. The molecule has 1 aliphatic heterocycles. The minimum absolute atomic E-state index is 0.126. The van der Waals surface area contributed by atoms with Gasteiger partial charge in [-0.2, -0.15) is 0 Å². The van der Waals surface area contributed by atoms with Crippen molar-refractivity contribution in [1.82, 2.24) is 4.90 Å². The van der Waals surface area contributed by atoms with Crippen LogP contribution in [0.3, 0.4) is 0 Å². The average molecular weight is 395 g/mol. The second-order valence-corrected chi connectivity index (χ2v) is 7.05. The molecule has 0 saturated carbocycles. The summed E-state index contributed by atoms with van der Waals surface area (Å²) in [5.74, 6) is -1.17. The maximum Gasteiger partial charge on any atom is 0.253 e. The summed E-state index contributed by atoms with van der Waals surface area (Å²) in [6.45, 7) is 0.925. The summed E-state index contributed by atoms with van der Waals surface area (Å²) in [7, 11) is 0. The number of carbonyl (C=O) groups is 2. The quantitative estimate of drug-likeness (QED) is 0.825. The molecule has 2 aromatic carbocycles. The number of piperidine rings is 1. The second-order valence-electron chi connectivity index (χ2n) is 6.21. The Kier molecular flexibility index (Phi) is 5.79. The zero-order valence-corrected chi connectivity index (χ0v) is 15.4. The zero-order chi connectivity index (χ0) is 18.7. The van der Waals surface area contributed by atoms with E-state index in [-0.39, 0.29) is 22.8 Å². The first-order valence-electron chi connectivity index (χ1n) is 8.25. The number of nitrogens with one attached hydrogen (secondary N) is 1. The Hall–Kier alpha value is -2.11. The molecule has 2 aromatic rings. The Labute approximate surface area is 160 Å². The van der Waals surface area contributed by atoms with E-state index in [9.17, 15) is 14.0 Å². The third-order valence-corrected chi connectivity index (χ3v) is 4.92. The molecule has 1 aliphatic rings. The summed E-state index contributed by atoms with van der Waals surface area (Å²) in [5.41, 5.74) is 0.899. The smallest absolute Gasteiger partial charge is 0.253 e. The van der Waals surface area contributed by atoms with Gasteiger partial charge in [0, 0.05) is 23.7 Å². The van der Waals surface area contributed by atoms with Crippen LogP contribution in [0.15, 0.2) is 42.5 Å². The van der Waals surface area contributed by atoms with E-state index in [1.165, 1.54) is 12.1 Å². The fourth-order valence-corrected chi connectivity index (χ4v) is 3.32. The van der Waals surface area contributed by atoms with Crippen molar-refractivity contribution in [1.29, 1.82) is 0 Å². The predicted octanol–water partition coefficient (Wildman–Crippen LogP) is 4.62. The Morgan fingerprint density at radius 2 is 1.85 bits per heavy atom. The lowest BCUT2D eigenvalue weighted by molar-refractivity contribution is -0.121. The van der Waals surface area contributed by atoms with Crippen molar-refractivity contribution in [3.63, 3.8) is 0 Å². The third kappa shape index (κ3) is 4.34. The van der Waals surface area contributed by atoms with Crippen LogP contribution in [-0.2, 0) is 4.79 Å². The molecule has 1 unspecified atom stereocenters. The number of hydrogen-bond donors (Lipinski definition) is 1. The number of rotatable bonds is 3. The van der Waals surface area contributed by atoms with Crippen molar-refractivity contribution in [2.45, 2.75) is 12.8 Å². The molecular weight excluding hydrogens is 378 g/mol. The van der Waals surface area contributed by atoms with Crippen molar-refractivity contribution in [3.8, 4) is 0 Å². The maximum atomic E-state index is 13.1. The largest absolute Gasteiger partial charge is 0.338 e. The normalized spacial score (nSPS) is 17.0. The van der Waals surface area contributed by atoms with Crippen molar-refractivity contribution in [2.24, 2.45) is 5.92 Å². The molecule has 1 saturated heterocycles. The van der Waals surface area contributed by atoms with Gasteiger partial charge in [-0.1, -0.05) is 23.2 Å². The van der Waals surface area contributed by atoms with Gasteiger partial charge in [0.15, 0.2) is 0 Å². The first kappa shape index (κ1) is 18.7. The number of carbonyl (C=O) groups excluding carboxylic acids is 2. The molecule has 0 aromatic heterocycles. The van der Waals surface area contributed by atoms with Crippen LogP contribution < -0.4 is 5.32 Å². The molecule has 3 rings (SSSR count). The van der Waals surface area contributed by atoms with Crippen LogP contribution in [0, 0.1) is 11.7 Å². The molecule has 4 nitrogen and oxygen atoms in total. The summed E-state index contributed by atoms with van der Waals surface area (Å²) < 4.78 is 13.1. The van der Waals surface area contributed by atoms with Gasteiger partial charge < -0.3 is 10.2 Å². The third-order valence-electron chi connectivity index (χ3n) is 4.36. The average Bonchev–Trinajstić information content (AvgIpc) is 2.64. The van der Waals surface area contributed by atoms with Crippen LogP contribution >= 0.6 is 23.2 Å². The van der Waals surface area contributed by atoms with Gasteiger partial charge in [0.05, 0.1) is 16.6 Å². The topological polar surface area (TPSA) is 49.4 Å². The monoisotopic (exact) mass is 394 g/mol. The molecule has 2 amide bonds. The lowest BCUT2D eigenvalue weighted by Crippen LogP contribution is -2.43. The molecule has 26 heavy (non-hydrogen) atoms. The van der Waals surface area contributed by atoms with E-state index in [0.717, 1.165) is 12.5 Å². The molecule has 1 heterocycles. The summed E-state index contributed by atoms with van der Waals surface area (Å²) in [5, 5.41) is 3.43. The Bertz CT molecular complexity index is 827. The van der Waals surface area contributed by atoms with Crippen molar-refractivity contribution in [2.75, 3.05) is 18.4 Å². The summed E-state index contributed by atoms with van der Waals surface area (Å²) in [6, 6.07) is 10.5. The van der Waals surface area contributed by atoms with Crippen LogP contribution in [0.2, 0.25) is 10.0 Å². The minimum Gasteiger partial charge on any atom is -0.338 e. The Balaban J connectivity index is 1.66. The molecule has 7 heteroatoms. The molecule has 136 valence electrons. The van der Waals surface area contributed by atoms with E-state index in [0.29, 0.717) is 35.8 Å². The van der Waals surface area contributed by atoms with Crippen molar-refractivity contribution in [3.05, 3.63) is 63.9 Å². The molecule has 0 bridgehead atoms. The highest BCUT2D eigenvalue weighted by Crippen LogP contribution is 2.25. The molecule has 0 aliphatic carbocycles. The van der Waals surface area contributed by atoms with E-state index in [1.54, 1.807) is 29.2 Å². The number of halogens is 3. The molecule has 0 spiro atoms. The van der Waals surface area contributed by atoms with Crippen molar-refractivity contribution < 1.29 is 14.0 Å². The fourth-order valence-electron chi connectivity index (χ4n) is 2.98. The molecular formula is C19H17Cl2FN2O2. The van der Waals surface area contributed by atoms with Gasteiger partial charge in [0.25, 0.3) is 5.91 Å². The first-order valence-corrected chi connectivity index (χ1v) is 9.00. The summed E-state index contributed by atoms with van der Waals surface area (Å²) in [6.07, 6.45) is 1.41. The SMILES string of the molecule is O=C(Nc1ccc(F)cc1Cl)C1CCCN(C(=O)c2ccc(Cl)cc2)C1. The van der Waals surface area contributed by atoms with Gasteiger partial charge in [-0.05, 0) is 55.3 Å². The molecule has 0 radical (unpaired) electrons. The molecule has 1 N–H and O–H groups in total.